The number of benzene rings is 1. The molecule has 0 radical (unpaired) electrons. The molecule has 2 amide bonds. The molecule has 10 nitrogen and oxygen atoms in total. The zero-order valence-corrected chi connectivity index (χ0v) is 18.7. The Balaban J connectivity index is 1.41. The highest BCUT2D eigenvalue weighted by Crippen LogP contribution is 2.28. The summed E-state index contributed by atoms with van der Waals surface area (Å²) in [7, 11) is 0. The molecule has 0 atom stereocenters. The molecule has 0 unspecified atom stereocenters. The Morgan fingerprint density at radius 1 is 1.12 bits per heavy atom. The number of hydrogen-bond donors (Lipinski definition) is 3. The van der Waals surface area contributed by atoms with Crippen molar-refractivity contribution in [3.8, 4) is 11.6 Å². The lowest BCUT2D eigenvalue weighted by Crippen LogP contribution is -2.19. The van der Waals surface area contributed by atoms with Gasteiger partial charge in [0.15, 0.2) is 11.5 Å². The Hall–Kier alpha value is -3.95. The van der Waals surface area contributed by atoms with Crippen molar-refractivity contribution in [3.05, 3.63) is 48.5 Å². The first-order chi connectivity index (χ1) is 15.2. The average Bonchev–Trinajstić information content (AvgIpc) is 3.37. The quantitative estimate of drug-likeness (QED) is 0.412. The molecule has 0 bridgehead atoms. The highest BCUT2D eigenvalue weighted by molar-refractivity contribution is 5.99. The number of aromatic amines is 1. The van der Waals surface area contributed by atoms with Crippen molar-refractivity contribution in [2.45, 2.75) is 46.1 Å². The lowest BCUT2D eigenvalue weighted by molar-refractivity contribution is 0.262. The Bertz CT molecular complexity index is 1240. The molecule has 0 fully saturated rings. The molecule has 0 aliphatic rings. The largest absolute Gasteiger partial charge is 0.438 e. The molecule has 0 spiro atoms. The van der Waals surface area contributed by atoms with Gasteiger partial charge in [-0.3, -0.25) is 10.4 Å². The summed E-state index contributed by atoms with van der Waals surface area (Å²) in [6, 6.07) is 8.61. The topological polar surface area (TPSA) is 123 Å². The fraction of sp³-hybridized carbons (Fsp3) is 0.318. The molecule has 3 N–H and O–H groups in total. The van der Waals surface area contributed by atoms with Gasteiger partial charge in [-0.05, 0) is 38.1 Å². The number of carbonyl (C=O) groups is 1. The van der Waals surface area contributed by atoms with Crippen LogP contribution in [0.15, 0.2) is 42.9 Å². The van der Waals surface area contributed by atoms with E-state index in [4.69, 9.17) is 4.74 Å². The van der Waals surface area contributed by atoms with Crippen molar-refractivity contribution < 1.29 is 9.53 Å². The van der Waals surface area contributed by atoms with Crippen LogP contribution in [-0.2, 0) is 5.41 Å². The Kier molecular flexibility index (Phi) is 5.52. The van der Waals surface area contributed by atoms with Gasteiger partial charge in [-0.25, -0.2) is 19.4 Å². The smallest absolute Gasteiger partial charge is 0.324 e. The van der Waals surface area contributed by atoms with Crippen LogP contribution < -0.4 is 15.4 Å². The highest BCUT2D eigenvalue weighted by Gasteiger charge is 2.17. The summed E-state index contributed by atoms with van der Waals surface area (Å²) in [6.07, 6.45) is 3.16. The number of anilines is 2. The van der Waals surface area contributed by atoms with Crippen LogP contribution in [-0.4, -0.2) is 36.0 Å². The third-order valence-corrected chi connectivity index (χ3v) is 4.80. The summed E-state index contributed by atoms with van der Waals surface area (Å²) in [5.74, 6) is 1.46. The molecule has 1 aromatic carbocycles. The number of urea groups is 1. The molecule has 0 saturated heterocycles. The Morgan fingerprint density at radius 2 is 1.88 bits per heavy atom. The van der Waals surface area contributed by atoms with Gasteiger partial charge in [-0.15, -0.1) is 0 Å². The average molecular weight is 435 g/mol. The summed E-state index contributed by atoms with van der Waals surface area (Å²) in [5.41, 5.74) is 2.18. The van der Waals surface area contributed by atoms with Crippen molar-refractivity contribution in [1.82, 2.24) is 29.9 Å². The van der Waals surface area contributed by atoms with Crippen LogP contribution >= 0.6 is 0 Å². The number of nitrogens with zero attached hydrogens (tertiary/aromatic N) is 5. The van der Waals surface area contributed by atoms with Crippen LogP contribution in [0.4, 0.5) is 16.3 Å². The minimum absolute atomic E-state index is 0.0814. The van der Waals surface area contributed by atoms with E-state index in [2.05, 4.69) is 56.7 Å². The lowest BCUT2D eigenvalue weighted by Gasteiger charge is -2.14. The van der Waals surface area contributed by atoms with Crippen LogP contribution in [0, 0.1) is 0 Å². The first kappa shape index (κ1) is 21.3. The number of H-pyrrole nitrogens is 1. The molecule has 4 rings (SSSR count). The second kappa shape index (κ2) is 8.29. The summed E-state index contributed by atoms with van der Waals surface area (Å²) >= 11 is 0. The number of rotatable bonds is 5. The number of fused-ring (bicyclic) bond motifs is 1. The van der Waals surface area contributed by atoms with Gasteiger partial charge >= 0.3 is 6.03 Å². The molecular weight excluding hydrogens is 408 g/mol. The van der Waals surface area contributed by atoms with Crippen LogP contribution in [0.3, 0.4) is 0 Å². The maximum atomic E-state index is 12.3. The zero-order valence-electron chi connectivity index (χ0n) is 18.7. The van der Waals surface area contributed by atoms with E-state index in [0.717, 1.165) is 11.1 Å². The number of hydrogen-bond acceptors (Lipinski definition) is 6. The van der Waals surface area contributed by atoms with Gasteiger partial charge in [0.1, 0.15) is 17.5 Å². The number of ether oxygens (including phenoxy) is 1. The Labute approximate surface area is 185 Å². The van der Waals surface area contributed by atoms with Crippen molar-refractivity contribution >= 4 is 28.6 Å². The first-order valence-electron chi connectivity index (χ1n) is 10.3. The fourth-order valence-corrected chi connectivity index (χ4v) is 3.07. The maximum absolute atomic E-state index is 12.3. The normalized spacial score (nSPS) is 11.7. The molecular formula is C22H26N8O2. The number of nitrogens with one attached hydrogen (secondary N) is 3. The third kappa shape index (κ3) is 4.53. The Morgan fingerprint density at radius 3 is 2.53 bits per heavy atom. The van der Waals surface area contributed by atoms with E-state index in [1.807, 2.05) is 24.6 Å². The fourth-order valence-electron chi connectivity index (χ4n) is 3.07. The second-order valence-corrected chi connectivity index (χ2v) is 8.72. The molecule has 0 aliphatic heterocycles. The van der Waals surface area contributed by atoms with Gasteiger partial charge in [-0.1, -0.05) is 20.8 Å². The standard InChI is InChI=1S/C22H26N8O2/c1-13(2)30-19-16(11-25-30)20(24-12-23-19)32-15-8-6-14(7-9-15)26-21(31)27-18-10-17(28-29-18)22(3,4)5/h6-13H,1-5H3,(H3,26,27,28,29,31). The molecule has 4 aromatic rings. The van der Waals surface area contributed by atoms with Gasteiger partial charge in [0.05, 0.1) is 6.20 Å². The maximum Gasteiger partial charge on any atom is 0.324 e. The summed E-state index contributed by atoms with van der Waals surface area (Å²) in [4.78, 5) is 20.8. The van der Waals surface area contributed by atoms with E-state index in [9.17, 15) is 4.79 Å². The third-order valence-electron chi connectivity index (χ3n) is 4.80. The number of amides is 2. The van der Waals surface area contributed by atoms with Crippen LogP contribution in [0.5, 0.6) is 11.6 Å². The SMILES string of the molecule is CC(C)n1ncc2c(Oc3ccc(NC(=O)Nc4cc(C(C)(C)C)[nH]n4)cc3)ncnc21. The van der Waals surface area contributed by atoms with Crippen molar-refractivity contribution in [1.29, 1.82) is 0 Å². The van der Waals surface area contributed by atoms with Crippen LogP contribution in [0.1, 0.15) is 46.4 Å². The highest BCUT2D eigenvalue weighted by atomic mass is 16.5. The zero-order chi connectivity index (χ0) is 22.9. The summed E-state index contributed by atoms with van der Waals surface area (Å²) < 4.78 is 7.75. The van der Waals surface area contributed by atoms with Crippen LogP contribution in [0.2, 0.25) is 0 Å². The minimum Gasteiger partial charge on any atom is -0.438 e. The van der Waals surface area contributed by atoms with E-state index >= 15 is 0 Å². The molecule has 0 saturated carbocycles. The molecule has 10 heteroatoms. The van der Waals surface area contributed by atoms with E-state index in [1.165, 1.54) is 6.33 Å². The van der Waals surface area contributed by atoms with Gasteiger partial charge in [0, 0.05) is 28.9 Å². The molecule has 0 aliphatic carbocycles. The second-order valence-electron chi connectivity index (χ2n) is 8.72. The molecule has 32 heavy (non-hydrogen) atoms. The van der Waals surface area contributed by atoms with Gasteiger partial charge in [-0.2, -0.15) is 10.2 Å². The van der Waals surface area contributed by atoms with E-state index in [1.54, 1.807) is 30.5 Å². The van der Waals surface area contributed by atoms with Crippen molar-refractivity contribution in [2.24, 2.45) is 0 Å². The first-order valence-corrected chi connectivity index (χ1v) is 10.3. The number of aromatic nitrogens is 6. The molecule has 3 aromatic heterocycles. The van der Waals surface area contributed by atoms with E-state index in [-0.39, 0.29) is 17.5 Å². The van der Waals surface area contributed by atoms with Crippen LogP contribution in [0.25, 0.3) is 11.0 Å². The predicted molar refractivity (Wildman–Crippen MR) is 122 cm³/mol. The summed E-state index contributed by atoms with van der Waals surface area (Å²) in [6.45, 7) is 10.3. The van der Waals surface area contributed by atoms with E-state index < -0.39 is 0 Å². The van der Waals surface area contributed by atoms with E-state index in [0.29, 0.717) is 28.8 Å². The molecule has 166 valence electrons. The van der Waals surface area contributed by atoms with Crippen molar-refractivity contribution in [3.63, 3.8) is 0 Å². The lowest BCUT2D eigenvalue weighted by atomic mass is 9.92. The minimum atomic E-state index is -0.385. The van der Waals surface area contributed by atoms with Gasteiger partial charge in [0.25, 0.3) is 0 Å². The van der Waals surface area contributed by atoms with Gasteiger partial charge in [0.2, 0.25) is 5.88 Å². The predicted octanol–water partition coefficient (Wildman–Crippen LogP) is 4.86. The summed E-state index contributed by atoms with van der Waals surface area (Å²) in [5, 5.41) is 17.7. The number of carbonyl (C=O) groups excluding carboxylic acids is 1. The van der Waals surface area contributed by atoms with Crippen molar-refractivity contribution in [2.75, 3.05) is 10.6 Å². The monoisotopic (exact) mass is 434 g/mol. The molecule has 3 heterocycles. The van der Waals surface area contributed by atoms with Gasteiger partial charge < -0.3 is 10.1 Å².